The van der Waals surface area contributed by atoms with Crippen molar-refractivity contribution in [3.05, 3.63) is 22.2 Å². The van der Waals surface area contributed by atoms with Gasteiger partial charge in [0.2, 0.25) is 5.82 Å². The Morgan fingerprint density at radius 3 is 2.81 bits per heavy atom. The van der Waals surface area contributed by atoms with Gasteiger partial charge in [-0.25, -0.2) is 4.98 Å². The molecule has 1 saturated carbocycles. The zero-order chi connectivity index (χ0) is 18.4. The van der Waals surface area contributed by atoms with Crippen LogP contribution in [0.1, 0.15) is 32.6 Å². The highest BCUT2D eigenvalue weighted by molar-refractivity contribution is 5.60. The number of nitrogens with zero attached hydrogens (tertiary/aromatic N) is 3. The number of pyridine rings is 1. The maximum atomic E-state index is 11.3. The molecule has 144 valence electrons. The lowest BCUT2D eigenvalue weighted by molar-refractivity contribution is -0.384. The second-order valence-corrected chi connectivity index (χ2v) is 7.21. The summed E-state index contributed by atoms with van der Waals surface area (Å²) in [5.41, 5.74) is 0.0224. The zero-order valence-electron chi connectivity index (χ0n) is 15.4. The van der Waals surface area contributed by atoms with Gasteiger partial charge in [0, 0.05) is 38.3 Å². The maximum Gasteiger partial charge on any atom is 0.311 e. The molecule has 2 fully saturated rings. The van der Waals surface area contributed by atoms with Gasteiger partial charge in [-0.05, 0) is 24.8 Å². The Hall–Kier alpha value is -1.93. The van der Waals surface area contributed by atoms with E-state index in [1.807, 2.05) is 0 Å². The number of aromatic nitrogens is 1. The second kappa shape index (κ2) is 9.14. The van der Waals surface area contributed by atoms with Gasteiger partial charge in [-0.2, -0.15) is 0 Å². The average Bonchev–Trinajstić information content (AvgIpc) is 2.64. The van der Waals surface area contributed by atoms with Gasteiger partial charge >= 0.3 is 5.69 Å². The quantitative estimate of drug-likeness (QED) is 0.568. The largest absolute Gasteiger partial charge is 0.379 e. The number of ether oxygens (including phenoxy) is 1. The number of rotatable bonds is 7. The lowest BCUT2D eigenvalue weighted by Gasteiger charge is -2.30. The normalized spacial score (nSPS) is 24.2. The van der Waals surface area contributed by atoms with E-state index in [0.717, 1.165) is 39.3 Å². The smallest absolute Gasteiger partial charge is 0.311 e. The molecule has 26 heavy (non-hydrogen) atoms. The summed E-state index contributed by atoms with van der Waals surface area (Å²) in [6, 6.07) is 3.64. The molecule has 1 aliphatic heterocycles. The Kier molecular flexibility index (Phi) is 6.62. The van der Waals surface area contributed by atoms with Crippen LogP contribution in [0.2, 0.25) is 0 Å². The summed E-state index contributed by atoms with van der Waals surface area (Å²) < 4.78 is 5.34. The van der Waals surface area contributed by atoms with Crippen molar-refractivity contribution in [3.8, 4) is 0 Å². The van der Waals surface area contributed by atoms with Gasteiger partial charge in [0.15, 0.2) is 0 Å². The summed E-state index contributed by atoms with van der Waals surface area (Å²) >= 11 is 0. The van der Waals surface area contributed by atoms with E-state index in [0.29, 0.717) is 30.1 Å². The predicted molar refractivity (Wildman–Crippen MR) is 102 cm³/mol. The molecule has 8 nitrogen and oxygen atoms in total. The fourth-order valence-corrected chi connectivity index (χ4v) is 3.69. The third kappa shape index (κ3) is 5.04. The van der Waals surface area contributed by atoms with Crippen LogP contribution >= 0.6 is 0 Å². The van der Waals surface area contributed by atoms with Crippen LogP contribution in [0.25, 0.3) is 0 Å². The molecular formula is C18H29N5O3. The minimum Gasteiger partial charge on any atom is -0.379 e. The van der Waals surface area contributed by atoms with Crippen LogP contribution in [-0.4, -0.2) is 60.2 Å². The van der Waals surface area contributed by atoms with Gasteiger partial charge in [-0.3, -0.25) is 15.0 Å². The van der Waals surface area contributed by atoms with Crippen LogP contribution in [0, 0.1) is 16.0 Å². The minimum absolute atomic E-state index is 0.0224. The number of nitrogens with one attached hydrogen (secondary N) is 2. The van der Waals surface area contributed by atoms with Crippen LogP contribution in [0.4, 0.5) is 17.3 Å². The lowest BCUT2D eigenvalue weighted by atomic mass is 9.86. The molecule has 1 aromatic rings. The molecule has 0 spiro atoms. The van der Waals surface area contributed by atoms with Crippen molar-refractivity contribution in [2.45, 2.75) is 38.6 Å². The van der Waals surface area contributed by atoms with E-state index in [9.17, 15) is 10.1 Å². The third-order valence-electron chi connectivity index (χ3n) is 5.34. The highest BCUT2D eigenvalue weighted by Gasteiger charge is 2.23. The van der Waals surface area contributed by atoms with Gasteiger partial charge in [-0.1, -0.05) is 19.8 Å². The summed E-state index contributed by atoms with van der Waals surface area (Å²) in [5, 5.41) is 17.9. The fourth-order valence-electron chi connectivity index (χ4n) is 3.69. The van der Waals surface area contributed by atoms with Crippen LogP contribution in [0.3, 0.4) is 0 Å². The van der Waals surface area contributed by atoms with Crippen LogP contribution < -0.4 is 10.6 Å². The maximum absolute atomic E-state index is 11.3. The van der Waals surface area contributed by atoms with Gasteiger partial charge in [-0.15, -0.1) is 0 Å². The average molecular weight is 363 g/mol. The first kappa shape index (κ1) is 18.8. The third-order valence-corrected chi connectivity index (χ3v) is 5.34. The zero-order valence-corrected chi connectivity index (χ0v) is 15.4. The van der Waals surface area contributed by atoms with E-state index < -0.39 is 0 Å². The molecule has 2 N–H and O–H groups in total. The molecule has 0 bridgehead atoms. The molecule has 1 aliphatic carbocycles. The lowest BCUT2D eigenvalue weighted by Crippen LogP contribution is -2.39. The summed E-state index contributed by atoms with van der Waals surface area (Å²) in [6.45, 7) is 6.99. The van der Waals surface area contributed by atoms with E-state index in [2.05, 4.69) is 27.4 Å². The number of anilines is 2. The Balaban J connectivity index is 1.62. The number of morpholine rings is 1. The van der Waals surface area contributed by atoms with E-state index in [1.165, 1.54) is 19.3 Å². The summed E-state index contributed by atoms with van der Waals surface area (Å²) in [6.07, 6.45) is 4.84. The van der Waals surface area contributed by atoms with Gasteiger partial charge in [0.05, 0.1) is 18.1 Å². The molecule has 0 amide bonds. The van der Waals surface area contributed by atoms with Gasteiger partial charge in [0.25, 0.3) is 0 Å². The van der Waals surface area contributed by atoms with E-state index >= 15 is 0 Å². The highest BCUT2D eigenvalue weighted by atomic mass is 16.6. The van der Waals surface area contributed by atoms with Crippen molar-refractivity contribution in [1.82, 2.24) is 9.88 Å². The first-order chi connectivity index (χ1) is 12.6. The fraction of sp³-hybridized carbons (Fsp3) is 0.722. The number of hydrogen-bond donors (Lipinski definition) is 2. The molecule has 0 aromatic carbocycles. The topological polar surface area (TPSA) is 92.6 Å². The van der Waals surface area contributed by atoms with E-state index in [1.54, 1.807) is 12.1 Å². The summed E-state index contributed by atoms with van der Waals surface area (Å²) in [4.78, 5) is 17.7. The monoisotopic (exact) mass is 363 g/mol. The number of hydrogen-bond acceptors (Lipinski definition) is 7. The summed E-state index contributed by atoms with van der Waals surface area (Å²) in [7, 11) is 0. The van der Waals surface area contributed by atoms with Crippen LogP contribution in [0.5, 0.6) is 0 Å². The van der Waals surface area contributed by atoms with Crippen molar-refractivity contribution in [2.24, 2.45) is 5.92 Å². The number of nitro groups is 1. The predicted octanol–water partition coefficient (Wildman–Crippen LogP) is 2.72. The van der Waals surface area contributed by atoms with Crippen molar-refractivity contribution in [3.63, 3.8) is 0 Å². The molecule has 2 atom stereocenters. The summed E-state index contributed by atoms with van der Waals surface area (Å²) in [5.74, 6) is 1.65. The molecular weight excluding hydrogens is 334 g/mol. The van der Waals surface area contributed by atoms with Crippen LogP contribution in [0.15, 0.2) is 12.1 Å². The molecule has 2 heterocycles. The standard InChI is InChI=1S/C18H29N5O3/c1-14-4-2-3-5-15(14)20-17-7-6-16(23(24)25)18(21-17)19-8-9-22-10-12-26-13-11-22/h6-7,14-15H,2-5,8-13H2,1H3,(H2,19,20,21). The molecule has 0 radical (unpaired) electrons. The minimum atomic E-state index is -0.378. The molecule has 3 rings (SSSR count). The molecule has 1 saturated heterocycles. The molecule has 2 unspecified atom stereocenters. The Morgan fingerprint density at radius 2 is 2.08 bits per heavy atom. The molecule has 8 heteroatoms. The molecule has 2 aliphatic rings. The van der Waals surface area contributed by atoms with Crippen molar-refractivity contribution >= 4 is 17.3 Å². The Morgan fingerprint density at radius 1 is 1.31 bits per heavy atom. The SMILES string of the molecule is CC1CCCCC1Nc1ccc([N+](=O)[O-])c(NCCN2CCOCC2)n1. The van der Waals surface area contributed by atoms with E-state index in [-0.39, 0.29) is 10.6 Å². The highest BCUT2D eigenvalue weighted by Crippen LogP contribution is 2.29. The van der Waals surface area contributed by atoms with Crippen molar-refractivity contribution in [1.29, 1.82) is 0 Å². The van der Waals surface area contributed by atoms with Crippen molar-refractivity contribution in [2.75, 3.05) is 50.0 Å². The molecule has 1 aromatic heterocycles. The van der Waals surface area contributed by atoms with E-state index in [4.69, 9.17) is 4.74 Å². The van der Waals surface area contributed by atoms with Crippen molar-refractivity contribution < 1.29 is 9.66 Å². The van der Waals surface area contributed by atoms with Gasteiger partial charge in [0.1, 0.15) is 5.82 Å². The first-order valence-corrected chi connectivity index (χ1v) is 9.59. The van der Waals surface area contributed by atoms with Crippen LogP contribution in [-0.2, 0) is 4.74 Å². The second-order valence-electron chi connectivity index (χ2n) is 7.21. The first-order valence-electron chi connectivity index (χ1n) is 9.59. The Labute approximate surface area is 154 Å². The Bertz CT molecular complexity index is 606. The van der Waals surface area contributed by atoms with Gasteiger partial charge < -0.3 is 15.4 Å².